The van der Waals surface area contributed by atoms with E-state index < -0.39 is 36.8 Å². The van der Waals surface area contributed by atoms with Crippen molar-refractivity contribution in [1.82, 2.24) is 4.90 Å². The monoisotopic (exact) mass is 345 g/mol. The van der Waals surface area contributed by atoms with E-state index in [1.807, 2.05) is 30.3 Å². The van der Waals surface area contributed by atoms with Gasteiger partial charge in [0.25, 0.3) is 0 Å². The van der Waals surface area contributed by atoms with Gasteiger partial charge in [0.15, 0.2) is 17.7 Å². The van der Waals surface area contributed by atoms with E-state index >= 15 is 0 Å². The van der Waals surface area contributed by atoms with Crippen LogP contribution in [0.4, 0.5) is 0 Å². The Morgan fingerprint density at radius 3 is 2.68 bits per heavy atom. The zero-order valence-electron chi connectivity index (χ0n) is 13.3. The smallest absolute Gasteiger partial charge is 0.181 e. The average Bonchev–Trinajstić information content (AvgIpc) is 3.19. The summed E-state index contributed by atoms with van der Waals surface area (Å²) in [5, 5.41) is 29.5. The molecule has 0 saturated carbocycles. The lowest BCUT2D eigenvalue weighted by molar-refractivity contribution is -0.0688. The van der Waals surface area contributed by atoms with Crippen molar-refractivity contribution >= 4 is 17.9 Å². The van der Waals surface area contributed by atoms with Crippen molar-refractivity contribution in [3.63, 3.8) is 0 Å². The minimum atomic E-state index is -1.20. The third-order valence-electron chi connectivity index (χ3n) is 4.71. The van der Waals surface area contributed by atoms with E-state index in [1.165, 1.54) is 6.34 Å². The maximum Gasteiger partial charge on any atom is 0.181 e. The highest BCUT2D eigenvalue weighted by Gasteiger charge is 2.50. The van der Waals surface area contributed by atoms with Crippen LogP contribution in [0.1, 0.15) is 5.56 Å². The van der Waals surface area contributed by atoms with Crippen molar-refractivity contribution in [2.45, 2.75) is 30.2 Å². The molecule has 1 aromatic carbocycles. The molecule has 0 spiro atoms. The Morgan fingerprint density at radius 2 is 2.00 bits per heavy atom. The maximum absolute atomic E-state index is 10.3. The summed E-state index contributed by atoms with van der Waals surface area (Å²) >= 11 is 0. The van der Waals surface area contributed by atoms with Crippen LogP contribution in [0.25, 0.3) is 0 Å². The molecule has 25 heavy (non-hydrogen) atoms. The highest BCUT2D eigenvalue weighted by Crippen LogP contribution is 2.32. The second-order valence-corrected chi connectivity index (χ2v) is 6.18. The first-order valence-electron chi connectivity index (χ1n) is 7.96. The second kappa shape index (κ2) is 5.97. The molecule has 1 aromatic rings. The quantitative estimate of drug-likeness (QED) is 0.520. The number of hydrogen-bond donors (Lipinski definition) is 4. The van der Waals surface area contributed by atoms with Crippen molar-refractivity contribution < 1.29 is 20.1 Å². The van der Waals surface area contributed by atoms with E-state index in [4.69, 9.17) is 10.5 Å². The summed E-state index contributed by atoms with van der Waals surface area (Å²) < 4.78 is 5.58. The normalized spacial score (nSPS) is 37.0. The number of fused-ring (bicyclic) bond motifs is 1. The van der Waals surface area contributed by atoms with Crippen molar-refractivity contribution in [3.05, 3.63) is 35.9 Å². The molecule has 9 nitrogen and oxygen atoms in total. The van der Waals surface area contributed by atoms with E-state index in [9.17, 15) is 15.3 Å². The van der Waals surface area contributed by atoms with Gasteiger partial charge in [-0.2, -0.15) is 0 Å². The number of rotatable bonds is 3. The van der Waals surface area contributed by atoms with Crippen molar-refractivity contribution in [2.24, 2.45) is 20.7 Å². The van der Waals surface area contributed by atoms with E-state index in [1.54, 1.807) is 4.90 Å². The van der Waals surface area contributed by atoms with Crippen molar-refractivity contribution in [3.8, 4) is 0 Å². The molecule has 132 valence electrons. The molecule has 3 aliphatic heterocycles. The third-order valence-corrected chi connectivity index (χ3v) is 4.71. The lowest BCUT2D eigenvalue weighted by Gasteiger charge is -2.32. The van der Waals surface area contributed by atoms with Gasteiger partial charge in [-0.25, -0.2) is 9.98 Å². The van der Waals surface area contributed by atoms with Crippen LogP contribution in [0, 0.1) is 0 Å². The number of ether oxygens (including phenoxy) is 1. The molecule has 5 atom stereocenters. The molecule has 1 saturated heterocycles. The van der Waals surface area contributed by atoms with E-state index in [-0.39, 0.29) is 6.67 Å². The number of aliphatic hydroxyl groups excluding tert-OH is 3. The minimum Gasteiger partial charge on any atom is -0.394 e. The standard InChI is InChI=1S/C16H19N5O4/c17-16(9-4-2-1-3-5-9)13-14(18-7-20-16)21(8-19-13)15-12(24)11(23)10(6-22)25-15/h1-5,7,10-12,15,22-24H,6,8,17H2/t10-,11-,12-,15-,16?/m1/s1. The Hall–Kier alpha value is -2.17. The molecule has 0 aliphatic carbocycles. The van der Waals surface area contributed by atoms with E-state index in [2.05, 4.69) is 15.0 Å². The average molecular weight is 345 g/mol. The lowest BCUT2D eigenvalue weighted by atomic mass is 9.94. The topological polar surface area (TPSA) is 136 Å². The predicted octanol–water partition coefficient (Wildman–Crippen LogP) is -1.61. The Kier molecular flexibility index (Phi) is 3.89. The Balaban J connectivity index is 1.64. The number of aliphatic imine (C=N–C) groups is 3. The van der Waals surface area contributed by atoms with Crippen LogP contribution >= 0.6 is 0 Å². The van der Waals surface area contributed by atoms with Gasteiger partial charge in [-0.15, -0.1) is 0 Å². The number of amidine groups is 1. The third kappa shape index (κ3) is 2.40. The summed E-state index contributed by atoms with van der Waals surface area (Å²) in [5.41, 5.74) is 6.57. The van der Waals surface area contributed by atoms with Crippen LogP contribution in [0.15, 0.2) is 45.3 Å². The Labute approximate surface area is 143 Å². The maximum atomic E-state index is 10.3. The van der Waals surface area contributed by atoms with Crippen LogP contribution in [0.2, 0.25) is 0 Å². The summed E-state index contributed by atoms with van der Waals surface area (Å²) in [6.45, 7) is -0.231. The van der Waals surface area contributed by atoms with E-state index in [0.29, 0.717) is 11.5 Å². The molecule has 3 aliphatic rings. The molecule has 1 fully saturated rings. The molecule has 0 bridgehead atoms. The molecule has 4 rings (SSSR count). The van der Waals surface area contributed by atoms with Crippen LogP contribution in [0.5, 0.6) is 0 Å². The lowest BCUT2D eigenvalue weighted by Crippen LogP contribution is -2.53. The second-order valence-electron chi connectivity index (χ2n) is 6.18. The van der Waals surface area contributed by atoms with Crippen LogP contribution < -0.4 is 5.73 Å². The molecule has 1 unspecified atom stereocenters. The molecule has 5 N–H and O–H groups in total. The first-order valence-corrected chi connectivity index (χ1v) is 7.96. The minimum absolute atomic E-state index is 0.163. The number of hydrogen-bond acceptors (Lipinski definition) is 9. The van der Waals surface area contributed by atoms with Crippen molar-refractivity contribution in [2.75, 3.05) is 13.3 Å². The summed E-state index contributed by atoms with van der Waals surface area (Å²) in [6, 6.07) is 9.33. The van der Waals surface area contributed by atoms with Gasteiger partial charge in [0, 0.05) is 5.56 Å². The van der Waals surface area contributed by atoms with Gasteiger partial charge < -0.3 is 25.0 Å². The molecule has 9 heteroatoms. The van der Waals surface area contributed by atoms with Crippen LogP contribution in [-0.4, -0.2) is 75.9 Å². The Morgan fingerprint density at radius 1 is 1.24 bits per heavy atom. The zero-order valence-corrected chi connectivity index (χ0v) is 13.3. The fourth-order valence-corrected chi connectivity index (χ4v) is 3.32. The fraction of sp³-hybridized carbons (Fsp3) is 0.438. The molecular formula is C16H19N5O4. The van der Waals surface area contributed by atoms with Crippen LogP contribution in [0.3, 0.4) is 0 Å². The molecule has 3 heterocycles. The van der Waals surface area contributed by atoms with Crippen molar-refractivity contribution in [1.29, 1.82) is 0 Å². The SMILES string of the molecule is NC1(c2ccccc2)N=CN=C2C1=NCN2[C@@H]1O[C@H](CO)[C@@H](O)[C@H]1O. The van der Waals surface area contributed by atoms with Crippen LogP contribution in [-0.2, 0) is 10.4 Å². The Bertz CT molecular complexity index is 752. The zero-order chi connectivity index (χ0) is 17.6. The highest BCUT2D eigenvalue weighted by atomic mass is 16.6. The summed E-state index contributed by atoms with van der Waals surface area (Å²) in [6.07, 6.45) is -2.76. The fourth-order valence-electron chi connectivity index (χ4n) is 3.32. The molecule has 0 amide bonds. The van der Waals surface area contributed by atoms with Gasteiger partial charge in [-0.1, -0.05) is 30.3 Å². The number of nitrogens with two attached hydrogens (primary N) is 1. The molecule has 0 radical (unpaired) electrons. The van der Waals surface area contributed by atoms with Gasteiger partial charge in [0.05, 0.1) is 6.61 Å². The first kappa shape index (κ1) is 16.3. The number of benzene rings is 1. The summed E-state index contributed by atoms with van der Waals surface area (Å²) in [4.78, 5) is 14.7. The first-order chi connectivity index (χ1) is 12.1. The van der Waals surface area contributed by atoms with Gasteiger partial charge >= 0.3 is 0 Å². The van der Waals surface area contributed by atoms with Gasteiger partial charge in [-0.3, -0.25) is 10.7 Å². The largest absolute Gasteiger partial charge is 0.394 e. The van der Waals surface area contributed by atoms with Gasteiger partial charge in [0.2, 0.25) is 0 Å². The number of aliphatic hydroxyl groups is 3. The van der Waals surface area contributed by atoms with E-state index in [0.717, 1.165) is 5.56 Å². The summed E-state index contributed by atoms with van der Waals surface area (Å²) in [5.74, 6) is 0.441. The molecule has 0 aromatic heterocycles. The molecular weight excluding hydrogens is 326 g/mol. The predicted molar refractivity (Wildman–Crippen MR) is 90.1 cm³/mol. The van der Waals surface area contributed by atoms with Gasteiger partial charge in [0.1, 0.15) is 37.0 Å². The van der Waals surface area contributed by atoms with Gasteiger partial charge in [-0.05, 0) is 0 Å². The number of nitrogens with zero attached hydrogens (tertiary/aromatic N) is 4. The summed E-state index contributed by atoms with van der Waals surface area (Å²) in [7, 11) is 0. The highest BCUT2D eigenvalue weighted by molar-refractivity contribution is 6.47.